The van der Waals surface area contributed by atoms with Crippen LogP contribution < -0.4 is 4.72 Å². The second-order valence-electron chi connectivity index (χ2n) is 3.75. The quantitative estimate of drug-likeness (QED) is 0.866. The van der Waals surface area contributed by atoms with Crippen molar-refractivity contribution in [3.8, 4) is 0 Å². The molecule has 0 amide bonds. The first-order valence-corrected chi connectivity index (χ1v) is 6.68. The Balaban J connectivity index is 2.65. The molecule has 5 heteroatoms. The highest BCUT2D eigenvalue weighted by Crippen LogP contribution is 2.23. The van der Waals surface area contributed by atoms with Gasteiger partial charge in [-0.1, -0.05) is 11.6 Å². The molecule has 4 nitrogen and oxygen atoms in total. The molecule has 1 heterocycles. The number of sulfonamides is 1. The molecular formula is C11H12N2O2S. The predicted molar refractivity (Wildman–Crippen MR) is 64.9 cm³/mol. The van der Waals surface area contributed by atoms with Crippen LogP contribution >= 0.6 is 0 Å². The van der Waals surface area contributed by atoms with Gasteiger partial charge in [-0.3, -0.25) is 9.71 Å². The van der Waals surface area contributed by atoms with Crippen LogP contribution in [0.4, 0.5) is 5.69 Å². The number of nitrogens with zero attached hydrogens (tertiary/aromatic N) is 1. The Morgan fingerprint density at radius 3 is 2.69 bits per heavy atom. The zero-order valence-electron chi connectivity index (χ0n) is 9.06. The van der Waals surface area contributed by atoms with E-state index in [1.165, 1.54) is 0 Å². The number of hydrogen-bond donors (Lipinski definition) is 1. The van der Waals surface area contributed by atoms with E-state index in [1.54, 1.807) is 12.3 Å². The van der Waals surface area contributed by atoms with Gasteiger partial charge in [0.1, 0.15) is 0 Å². The highest BCUT2D eigenvalue weighted by molar-refractivity contribution is 7.92. The van der Waals surface area contributed by atoms with Crippen molar-refractivity contribution in [3.63, 3.8) is 0 Å². The van der Waals surface area contributed by atoms with Crippen LogP contribution in [0.2, 0.25) is 0 Å². The molecule has 0 aliphatic carbocycles. The minimum Gasteiger partial charge on any atom is -0.283 e. The molecule has 1 aromatic carbocycles. The van der Waals surface area contributed by atoms with Crippen LogP contribution in [0.25, 0.3) is 10.9 Å². The standard InChI is InChI=1S/C11H12N2O2S/c1-8-3-4-10-9(7-8)11(5-6-12-10)13-16(2,14)15/h3-7H,1-2H3,(H,12,13). The number of anilines is 1. The molecular weight excluding hydrogens is 224 g/mol. The summed E-state index contributed by atoms with van der Waals surface area (Å²) in [6.45, 7) is 1.96. The summed E-state index contributed by atoms with van der Waals surface area (Å²) >= 11 is 0. The van der Waals surface area contributed by atoms with Crippen molar-refractivity contribution in [1.82, 2.24) is 4.98 Å². The summed E-state index contributed by atoms with van der Waals surface area (Å²) in [6.07, 6.45) is 2.72. The summed E-state index contributed by atoms with van der Waals surface area (Å²) in [4.78, 5) is 4.18. The lowest BCUT2D eigenvalue weighted by molar-refractivity contribution is 0.607. The molecule has 0 unspecified atom stereocenters. The number of aromatic nitrogens is 1. The Hall–Kier alpha value is -1.62. The Kier molecular flexibility index (Phi) is 2.55. The summed E-state index contributed by atoms with van der Waals surface area (Å²) in [6, 6.07) is 7.39. The number of hydrogen-bond acceptors (Lipinski definition) is 3. The first-order valence-electron chi connectivity index (χ1n) is 4.79. The lowest BCUT2D eigenvalue weighted by Gasteiger charge is -2.07. The van der Waals surface area contributed by atoms with E-state index in [2.05, 4.69) is 9.71 Å². The third-order valence-electron chi connectivity index (χ3n) is 2.19. The van der Waals surface area contributed by atoms with E-state index in [-0.39, 0.29) is 0 Å². The minimum atomic E-state index is -3.26. The topological polar surface area (TPSA) is 59.1 Å². The molecule has 0 saturated heterocycles. The van der Waals surface area contributed by atoms with E-state index in [0.717, 1.165) is 22.7 Å². The zero-order chi connectivity index (χ0) is 11.8. The van der Waals surface area contributed by atoms with E-state index in [0.29, 0.717) is 5.69 Å². The van der Waals surface area contributed by atoms with Gasteiger partial charge in [-0.2, -0.15) is 0 Å². The smallest absolute Gasteiger partial charge is 0.229 e. The largest absolute Gasteiger partial charge is 0.283 e. The zero-order valence-corrected chi connectivity index (χ0v) is 9.88. The predicted octanol–water partition coefficient (Wildman–Crippen LogP) is 1.91. The molecule has 0 spiro atoms. The third-order valence-corrected chi connectivity index (χ3v) is 2.78. The van der Waals surface area contributed by atoms with Crippen LogP contribution in [0.3, 0.4) is 0 Å². The molecule has 1 aromatic heterocycles. The molecule has 0 atom stereocenters. The summed E-state index contributed by atoms with van der Waals surface area (Å²) in [5.74, 6) is 0. The van der Waals surface area contributed by atoms with Gasteiger partial charge >= 0.3 is 0 Å². The molecule has 0 radical (unpaired) electrons. The molecule has 16 heavy (non-hydrogen) atoms. The number of benzene rings is 1. The van der Waals surface area contributed by atoms with E-state index < -0.39 is 10.0 Å². The second-order valence-corrected chi connectivity index (χ2v) is 5.50. The van der Waals surface area contributed by atoms with Crippen LogP contribution in [0.1, 0.15) is 5.56 Å². The van der Waals surface area contributed by atoms with Gasteiger partial charge in [0.15, 0.2) is 0 Å². The van der Waals surface area contributed by atoms with Crippen molar-refractivity contribution in [3.05, 3.63) is 36.0 Å². The first-order chi connectivity index (χ1) is 7.46. The molecule has 1 N–H and O–H groups in total. The minimum absolute atomic E-state index is 0.566. The molecule has 2 aromatic rings. The molecule has 0 saturated carbocycles. The van der Waals surface area contributed by atoms with Gasteiger partial charge in [-0.15, -0.1) is 0 Å². The first kappa shape index (κ1) is 10.9. The Morgan fingerprint density at radius 1 is 1.25 bits per heavy atom. The normalized spacial score (nSPS) is 11.6. The van der Waals surface area contributed by atoms with Crippen molar-refractivity contribution in [2.45, 2.75) is 6.92 Å². The van der Waals surface area contributed by atoms with Gasteiger partial charge in [0.25, 0.3) is 0 Å². The maximum Gasteiger partial charge on any atom is 0.229 e. The average Bonchev–Trinajstić information content (AvgIpc) is 2.17. The monoisotopic (exact) mass is 236 g/mol. The van der Waals surface area contributed by atoms with Crippen LogP contribution in [0, 0.1) is 6.92 Å². The lowest BCUT2D eigenvalue weighted by Crippen LogP contribution is -2.09. The van der Waals surface area contributed by atoms with Crippen molar-refractivity contribution in [1.29, 1.82) is 0 Å². The van der Waals surface area contributed by atoms with Gasteiger partial charge in [0.2, 0.25) is 10.0 Å². The Bertz CT molecular complexity index is 635. The Morgan fingerprint density at radius 2 is 2.00 bits per heavy atom. The van der Waals surface area contributed by atoms with Crippen molar-refractivity contribution in [2.24, 2.45) is 0 Å². The summed E-state index contributed by atoms with van der Waals surface area (Å²) in [7, 11) is -3.26. The van der Waals surface area contributed by atoms with Crippen molar-refractivity contribution < 1.29 is 8.42 Å². The molecule has 0 aliphatic heterocycles. The second kappa shape index (κ2) is 3.75. The molecule has 84 valence electrons. The van der Waals surface area contributed by atoms with E-state index in [4.69, 9.17) is 0 Å². The number of rotatable bonds is 2. The maximum absolute atomic E-state index is 11.2. The fourth-order valence-electron chi connectivity index (χ4n) is 1.55. The highest BCUT2D eigenvalue weighted by atomic mass is 32.2. The number of fused-ring (bicyclic) bond motifs is 1. The molecule has 0 fully saturated rings. The number of nitrogens with one attached hydrogen (secondary N) is 1. The van der Waals surface area contributed by atoms with Crippen LogP contribution in [-0.4, -0.2) is 19.7 Å². The van der Waals surface area contributed by atoms with E-state index >= 15 is 0 Å². The lowest BCUT2D eigenvalue weighted by atomic mass is 10.1. The molecule has 0 bridgehead atoms. The summed E-state index contributed by atoms with van der Waals surface area (Å²) < 4.78 is 24.9. The van der Waals surface area contributed by atoms with Gasteiger partial charge < -0.3 is 0 Å². The SMILES string of the molecule is Cc1ccc2nccc(NS(C)(=O)=O)c2c1. The molecule has 0 aliphatic rings. The fourth-order valence-corrected chi connectivity index (χ4v) is 2.13. The van der Waals surface area contributed by atoms with E-state index in [1.807, 2.05) is 25.1 Å². The van der Waals surface area contributed by atoms with E-state index in [9.17, 15) is 8.42 Å². The highest BCUT2D eigenvalue weighted by Gasteiger charge is 2.06. The van der Waals surface area contributed by atoms with Crippen LogP contribution in [-0.2, 0) is 10.0 Å². The van der Waals surface area contributed by atoms with Crippen LogP contribution in [0.15, 0.2) is 30.5 Å². The van der Waals surface area contributed by atoms with Crippen LogP contribution in [0.5, 0.6) is 0 Å². The van der Waals surface area contributed by atoms with Gasteiger partial charge in [-0.25, -0.2) is 8.42 Å². The fraction of sp³-hybridized carbons (Fsp3) is 0.182. The van der Waals surface area contributed by atoms with Crippen molar-refractivity contribution in [2.75, 3.05) is 11.0 Å². The Labute approximate surface area is 94.4 Å². The number of aryl methyl sites for hydroxylation is 1. The van der Waals surface area contributed by atoms with Gasteiger partial charge in [-0.05, 0) is 25.1 Å². The molecule has 2 rings (SSSR count). The van der Waals surface area contributed by atoms with Crippen molar-refractivity contribution >= 4 is 26.6 Å². The van der Waals surface area contributed by atoms with Gasteiger partial charge in [0.05, 0.1) is 17.5 Å². The maximum atomic E-state index is 11.2. The summed E-state index contributed by atoms with van der Waals surface area (Å²) in [5.41, 5.74) is 2.41. The average molecular weight is 236 g/mol. The third kappa shape index (κ3) is 2.30. The van der Waals surface area contributed by atoms with Gasteiger partial charge in [0, 0.05) is 11.6 Å². The number of pyridine rings is 1. The summed E-state index contributed by atoms with van der Waals surface area (Å²) in [5, 5.41) is 0.813.